The van der Waals surface area contributed by atoms with Crippen LogP contribution in [0.15, 0.2) is 89.8 Å². The van der Waals surface area contributed by atoms with Gasteiger partial charge in [0.2, 0.25) is 5.91 Å². The summed E-state index contributed by atoms with van der Waals surface area (Å²) in [4.78, 5) is 36.1. The maximum atomic E-state index is 13.1. The second kappa shape index (κ2) is 12.8. The van der Waals surface area contributed by atoms with Gasteiger partial charge in [0.25, 0.3) is 0 Å². The Morgan fingerprint density at radius 1 is 1.00 bits per heavy atom. The number of ether oxygens (including phenoxy) is 1. The molecule has 3 aromatic carbocycles. The summed E-state index contributed by atoms with van der Waals surface area (Å²) >= 11 is 1.25. The molecule has 3 amide bonds. The number of hydrogen-bond acceptors (Lipinski definition) is 6. The Morgan fingerprint density at radius 2 is 1.72 bits per heavy atom. The van der Waals surface area contributed by atoms with E-state index < -0.39 is 12.4 Å². The molecular weight excluding hydrogens is 617 g/mol. The number of urea groups is 1. The summed E-state index contributed by atoms with van der Waals surface area (Å²) in [5.41, 5.74) is 5.78. The number of halogens is 3. The number of rotatable bonds is 7. The highest BCUT2D eigenvalue weighted by Crippen LogP contribution is 2.35. The van der Waals surface area contributed by atoms with Gasteiger partial charge < -0.3 is 10.1 Å². The molecule has 0 spiro atoms. The van der Waals surface area contributed by atoms with Crippen LogP contribution in [-0.4, -0.2) is 44.0 Å². The summed E-state index contributed by atoms with van der Waals surface area (Å²) < 4.78 is 42.8. The second-order valence-electron chi connectivity index (χ2n) is 11.0. The van der Waals surface area contributed by atoms with E-state index in [1.165, 1.54) is 51.9 Å². The van der Waals surface area contributed by atoms with Crippen LogP contribution < -0.4 is 15.0 Å². The topological polar surface area (TPSA) is 102 Å². The average Bonchev–Trinajstić information content (AvgIpc) is 3.78. The van der Waals surface area contributed by atoms with E-state index in [9.17, 15) is 22.8 Å². The molecule has 0 radical (unpaired) electrons. The predicted molar refractivity (Wildman–Crippen MR) is 171 cm³/mol. The molecule has 0 saturated carbocycles. The predicted octanol–water partition coefficient (Wildman–Crippen LogP) is 7.70. The zero-order valence-corrected chi connectivity index (χ0v) is 25.7. The van der Waals surface area contributed by atoms with Crippen LogP contribution in [0.4, 0.5) is 23.7 Å². The van der Waals surface area contributed by atoms with Crippen LogP contribution in [-0.2, 0) is 4.79 Å². The lowest BCUT2D eigenvalue weighted by Gasteiger charge is -2.21. The number of anilines is 1. The van der Waals surface area contributed by atoms with Crippen molar-refractivity contribution in [2.24, 2.45) is 4.99 Å². The first-order valence-electron chi connectivity index (χ1n) is 14.6. The molecule has 1 aliphatic heterocycles. The normalized spacial score (nSPS) is 16.2. The van der Waals surface area contributed by atoms with E-state index in [4.69, 9.17) is 0 Å². The van der Waals surface area contributed by atoms with E-state index in [0.29, 0.717) is 23.1 Å². The van der Waals surface area contributed by atoms with E-state index in [1.54, 1.807) is 0 Å². The van der Waals surface area contributed by atoms with Crippen molar-refractivity contribution in [3.05, 3.63) is 95.9 Å². The van der Waals surface area contributed by atoms with Crippen molar-refractivity contribution in [1.82, 2.24) is 20.1 Å². The number of amidine groups is 1. The molecule has 1 aromatic heterocycles. The molecule has 0 bridgehead atoms. The average molecular weight is 647 g/mol. The number of aromatic nitrogens is 3. The first-order chi connectivity index (χ1) is 22.1. The maximum Gasteiger partial charge on any atom is 0.573 e. The number of carbonyl (C=O) groups is 2. The number of nitrogens with zero attached hydrogens (tertiary/aromatic N) is 5. The highest BCUT2D eigenvalue weighted by molar-refractivity contribution is 8.15. The van der Waals surface area contributed by atoms with Crippen molar-refractivity contribution in [1.29, 1.82) is 0 Å². The molecule has 236 valence electrons. The van der Waals surface area contributed by atoms with Crippen molar-refractivity contribution in [2.75, 3.05) is 10.7 Å². The first-order valence-corrected chi connectivity index (χ1v) is 15.6. The molecular formula is C33H29F3N6O3S. The monoisotopic (exact) mass is 646 g/mol. The molecule has 13 heteroatoms. The quantitative estimate of drug-likeness (QED) is 0.221. The van der Waals surface area contributed by atoms with Gasteiger partial charge in [0.15, 0.2) is 11.0 Å². The number of hydrogen-bond donors (Lipinski definition) is 1. The van der Waals surface area contributed by atoms with Gasteiger partial charge in [0.1, 0.15) is 12.1 Å². The molecule has 4 aromatic rings. The molecule has 6 rings (SSSR count). The Balaban J connectivity index is 1.16. The minimum atomic E-state index is -4.76. The number of para-hydroxylation sites is 1. The lowest BCUT2D eigenvalue weighted by molar-refractivity contribution is -0.274. The van der Waals surface area contributed by atoms with Gasteiger partial charge >= 0.3 is 12.4 Å². The summed E-state index contributed by atoms with van der Waals surface area (Å²) in [5.74, 6) is 0.418. The van der Waals surface area contributed by atoms with Gasteiger partial charge in [-0.15, -0.1) is 18.3 Å². The van der Waals surface area contributed by atoms with E-state index in [0.717, 1.165) is 46.5 Å². The number of thioether (sulfide) groups is 1. The smallest absolute Gasteiger partial charge is 0.406 e. The minimum Gasteiger partial charge on any atom is -0.406 e. The summed E-state index contributed by atoms with van der Waals surface area (Å²) in [6.45, 7) is 4.12. The Labute approximate surface area is 267 Å². The number of benzene rings is 3. The van der Waals surface area contributed by atoms with Gasteiger partial charge in [0, 0.05) is 11.3 Å². The molecule has 1 fully saturated rings. The maximum absolute atomic E-state index is 13.1. The summed E-state index contributed by atoms with van der Waals surface area (Å²) in [6.07, 6.45) is -0.923. The van der Waals surface area contributed by atoms with Crippen molar-refractivity contribution in [3.8, 4) is 22.8 Å². The van der Waals surface area contributed by atoms with Crippen molar-refractivity contribution in [2.45, 2.75) is 45.4 Å². The van der Waals surface area contributed by atoms with E-state index in [-0.39, 0.29) is 23.3 Å². The Bertz CT molecular complexity index is 1830. The summed E-state index contributed by atoms with van der Waals surface area (Å²) in [7, 11) is 0. The number of amides is 3. The third kappa shape index (κ3) is 6.84. The fourth-order valence-electron chi connectivity index (χ4n) is 5.45. The molecule has 9 nitrogen and oxygen atoms in total. The van der Waals surface area contributed by atoms with E-state index in [1.807, 2.05) is 48.5 Å². The van der Waals surface area contributed by atoms with Crippen LogP contribution in [0.25, 0.3) is 22.6 Å². The van der Waals surface area contributed by atoms with Gasteiger partial charge in [-0.25, -0.2) is 14.5 Å². The van der Waals surface area contributed by atoms with Crippen LogP contribution in [0.5, 0.6) is 5.75 Å². The van der Waals surface area contributed by atoms with Crippen molar-refractivity contribution < 1.29 is 27.5 Å². The molecule has 0 atom stereocenters. The Hall–Kier alpha value is -4.91. The van der Waals surface area contributed by atoms with Crippen LogP contribution in [0.3, 0.4) is 0 Å². The van der Waals surface area contributed by atoms with Gasteiger partial charge in [-0.2, -0.15) is 4.99 Å². The van der Waals surface area contributed by atoms with Gasteiger partial charge in [-0.3, -0.25) is 9.69 Å². The molecule has 1 saturated heterocycles. The van der Waals surface area contributed by atoms with Crippen molar-refractivity contribution in [3.63, 3.8) is 0 Å². The third-order valence-corrected chi connectivity index (χ3v) is 8.48. The molecule has 0 unspecified atom stereocenters. The largest absolute Gasteiger partial charge is 0.573 e. The van der Waals surface area contributed by atoms with Gasteiger partial charge in [0.05, 0.1) is 17.1 Å². The fraction of sp³-hybridized carbons (Fsp3) is 0.242. The summed E-state index contributed by atoms with van der Waals surface area (Å²) in [6, 6.07) is 20.1. The number of aliphatic imine (C=N–C) groups is 1. The lowest BCUT2D eigenvalue weighted by Crippen LogP contribution is -2.32. The van der Waals surface area contributed by atoms with Crippen LogP contribution >= 0.6 is 11.8 Å². The van der Waals surface area contributed by atoms with Gasteiger partial charge in [-0.05, 0) is 72.2 Å². The van der Waals surface area contributed by atoms with Crippen LogP contribution in [0.2, 0.25) is 0 Å². The standard InChI is InChI=1S/C33H29F3N6O3S/c1-20(2)25-6-3-4-9-28(25)42-29(43)18-46-32(42)39-31(44)38-27-8-5-7-26(27)21-10-12-22(13-11-21)30-37-19-41(40-30)23-14-16-24(17-15-23)45-33(34,35)36/h3-4,6,9-17,19-20H,5,7-8,18H2,1-2H3,(H,38,44). The van der Waals surface area contributed by atoms with Crippen LogP contribution in [0.1, 0.15) is 50.2 Å². The Morgan fingerprint density at radius 3 is 2.43 bits per heavy atom. The fourth-order valence-corrected chi connectivity index (χ4v) is 6.30. The van der Waals surface area contributed by atoms with E-state index in [2.05, 4.69) is 39.0 Å². The van der Waals surface area contributed by atoms with Gasteiger partial charge in [-0.1, -0.05) is 68.1 Å². The zero-order valence-electron chi connectivity index (χ0n) is 24.9. The lowest BCUT2D eigenvalue weighted by atomic mass is 10.0. The minimum absolute atomic E-state index is 0.113. The molecule has 1 N–H and O–H groups in total. The van der Waals surface area contributed by atoms with Crippen molar-refractivity contribution >= 4 is 40.1 Å². The number of carbonyl (C=O) groups excluding carboxylic acids is 2. The summed E-state index contributed by atoms with van der Waals surface area (Å²) in [5, 5.41) is 7.79. The van der Waals surface area contributed by atoms with Crippen LogP contribution in [0, 0.1) is 0 Å². The molecule has 46 heavy (non-hydrogen) atoms. The molecule has 2 heterocycles. The first kappa shape index (κ1) is 31.1. The Kier molecular flexibility index (Phi) is 8.67. The number of nitrogens with one attached hydrogen (secondary N) is 1. The molecule has 1 aliphatic carbocycles. The number of allylic oxidation sites excluding steroid dienone is 2. The SMILES string of the molecule is CC(C)c1ccccc1N1C(=O)CSC1=NC(=O)NC1=C(c2ccc(-c3ncn(-c4ccc(OC(F)(F)F)cc4)n3)cc2)CCC1. The van der Waals surface area contributed by atoms with E-state index >= 15 is 0 Å². The third-order valence-electron chi connectivity index (χ3n) is 7.56. The highest BCUT2D eigenvalue weighted by atomic mass is 32.2. The zero-order chi connectivity index (χ0) is 32.4. The number of alkyl halides is 3. The molecule has 2 aliphatic rings. The highest BCUT2D eigenvalue weighted by Gasteiger charge is 2.33. The second-order valence-corrected chi connectivity index (χ2v) is 11.9.